The van der Waals surface area contributed by atoms with E-state index in [0.29, 0.717) is 18.8 Å². The van der Waals surface area contributed by atoms with Gasteiger partial charge < -0.3 is 10.0 Å². The van der Waals surface area contributed by atoms with E-state index < -0.39 is 0 Å². The first-order valence-corrected chi connectivity index (χ1v) is 5.44. The first-order chi connectivity index (χ1) is 7.63. The van der Waals surface area contributed by atoms with Crippen molar-refractivity contribution >= 4 is 5.91 Å². The molecule has 0 spiro atoms. The second kappa shape index (κ2) is 5.60. The molecule has 6 heteroatoms. The van der Waals surface area contributed by atoms with Crippen LogP contribution in [0.25, 0.3) is 0 Å². The molecule has 1 amide bonds. The average molecular weight is 226 g/mol. The van der Waals surface area contributed by atoms with E-state index in [1.165, 1.54) is 4.68 Å². The van der Waals surface area contributed by atoms with Gasteiger partial charge in [-0.15, -0.1) is 5.10 Å². The van der Waals surface area contributed by atoms with Crippen molar-refractivity contribution in [2.75, 3.05) is 13.1 Å². The fourth-order valence-corrected chi connectivity index (χ4v) is 1.49. The molecule has 0 aromatic carbocycles. The van der Waals surface area contributed by atoms with E-state index in [1.807, 2.05) is 13.8 Å². The smallest absolute Gasteiger partial charge is 0.247 e. The van der Waals surface area contributed by atoms with Gasteiger partial charge in [0.2, 0.25) is 5.91 Å². The third-order valence-electron chi connectivity index (χ3n) is 2.55. The number of amides is 1. The number of aromatic nitrogens is 3. The standard InChI is InChI=1S/C10H18N4O2/c1-4-13(5-2)10(16)8(3)14-6-9(7-15)11-12-14/h6,8,15H,4-5,7H2,1-3H3. The summed E-state index contributed by atoms with van der Waals surface area (Å²) in [4.78, 5) is 13.7. The molecule has 0 fully saturated rings. The zero-order chi connectivity index (χ0) is 12.1. The molecule has 1 aromatic heterocycles. The summed E-state index contributed by atoms with van der Waals surface area (Å²) in [6.45, 7) is 6.86. The molecule has 16 heavy (non-hydrogen) atoms. The first-order valence-electron chi connectivity index (χ1n) is 5.44. The number of aliphatic hydroxyl groups is 1. The number of likely N-dealkylation sites (N-methyl/N-ethyl adjacent to an activating group) is 1. The van der Waals surface area contributed by atoms with Crippen LogP contribution in [0.4, 0.5) is 0 Å². The Morgan fingerprint density at radius 2 is 2.19 bits per heavy atom. The maximum absolute atomic E-state index is 12.0. The van der Waals surface area contributed by atoms with Gasteiger partial charge in [-0.25, -0.2) is 4.68 Å². The van der Waals surface area contributed by atoms with Crippen molar-refractivity contribution in [3.05, 3.63) is 11.9 Å². The van der Waals surface area contributed by atoms with Crippen molar-refractivity contribution in [1.82, 2.24) is 19.9 Å². The van der Waals surface area contributed by atoms with Gasteiger partial charge in [-0.2, -0.15) is 0 Å². The number of rotatable bonds is 5. The van der Waals surface area contributed by atoms with Gasteiger partial charge in [0.15, 0.2) is 0 Å². The first kappa shape index (κ1) is 12.6. The van der Waals surface area contributed by atoms with Crippen LogP contribution in [0.2, 0.25) is 0 Å². The van der Waals surface area contributed by atoms with Gasteiger partial charge in [-0.3, -0.25) is 4.79 Å². The minimum Gasteiger partial charge on any atom is -0.390 e. The monoisotopic (exact) mass is 226 g/mol. The van der Waals surface area contributed by atoms with Crippen molar-refractivity contribution in [3.8, 4) is 0 Å². The highest BCUT2D eigenvalue weighted by molar-refractivity contribution is 5.79. The van der Waals surface area contributed by atoms with Crippen LogP contribution in [-0.2, 0) is 11.4 Å². The normalized spacial score (nSPS) is 12.5. The van der Waals surface area contributed by atoms with E-state index in [1.54, 1.807) is 18.0 Å². The number of aliphatic hydroxyl groups excluding tert-OH is 1. The van der Waals surface area contributed by atoms with E-state index in [-0.39, 0.29) is 18.6 Å². The van der Waals surface area contributed by atoms with Gasteiger partial charge in [0.05, 0.1) is 12.8 Å². The molecule has 0 aliphatic heterocycles. The van der Waals surface area contributed by atoms with Crippen LogP contribution in [-0.4, -0.2) is 44.0 Å². The summed E-state index contributed by atoms with van der Waals surface area (Å²) >= 11 is 0. The summed E-state index contributed by atoms with van der Waals surface area (Å²) in [5.74, 6) is 0.0133. The van der Waals surface area contributed by atoms with Crippen molar-refractivity contribution in [2.24, 2.45) is 0 Å². The number of carbonyl (C=O) groups is 1. The number of hydrogen-bond donors (Lipinski definition) is 1. The molecule has 0 saturated heterocycles. The van der Waals surface area contributed by atoms with Crippen LogP contribution in [0, 0.1) is 0 Å². The Balaban J connectivity index is 2.76. The molecule has 1 unspecified atom stereocenters. The molecule has 90 valence electrons. The van der Waals surface area contributed by atoms with Gasteiger partial charge in [0, 0.05) is 13.1 Å². The van der Waals surface area contributed by atoms with Crippen LogP contribution in [0.1, 0.15) is 32.5 Å². The van der Waals surface area contributed by atoms with Crippen LogP contribution < -0.4 is 0 Å². The zero-order valence-electron chi connectivity index (χ0n) is 9.92. The second-order valence-electron chi connectivity index (χ2n) is 3.53. The lowest BCUT2D eigenvalue weighted by Gasteiger charge is -2.22. The summed E-state index contributed by atoms with van der Waals surface area (Å²) in [7, 11) is 0. The quantitative estimate of drug-likeness (QED) is 0.778. The Morgan fingerprint density at radius 3 is 2.62 bits per heavy atom. The summed E-state index contributed by atoms with van der Waals surface area (Å²) in [5.41, 5.74) is 0.471. The lowest BCUT2D eigenvalue weighted by atomic mass is 10.3. The van der Waals surface area contributed by atoms with E-state index in [9.17, 15) is 4.79 Å². The van der Waals surface area contributed by atoms with Crippen molar-refractivity contribution in [2.45, 2.75) is 33.4 Å². The van der Waals surface area contributed by atoms with Crippen LogP contribution in [0.3, 0.4) is 0 Å². The average Bonchev–Trinajstić information content (AvgIpc) is 2.78. The Labute approximate surface area is 94.9 Å². The number of carbonyl (C=O) groups excluding carboxylic acids is 1. The Hall–Kier alpha value is -1.43. The summed E-state index contributed by atoms with van der Waals surface area (Å²) < 4.78 is 1.48. The minimum atomic E-state index is -0.382. The van der Waals surface area contributed by atoms with Gasteiger partial charge in [0.25, 0.3) is 0 Å². The minimum absolute atomic E-state index is 0.0133. The lowest BCUT2D eigenvalue weighted by Crippen LogP contribution is -2.36. The summed E-state index contributed by atoms with van der Waals surface area (Å²) in [6.07, 6.45) is 1.59. The number of nitrogens with zero attached hydrogens (tertiary/aromatic N) is 4. The highest BCUT2D eigenvalue weighted by Gasteiger charge is 2.20. The van der Waals surface area contributed by atoms with Gasteiger partial charge in [-0.1, -0.05) is 5.21 Å². The molecule has 0 aliphatic carbocycles. The molecule has 1 N–H and O–H groups in total. The van der Waals surface area contributed by atoms with Crippen molar-refractivity contribution in [3.63, 3.8) is 0 Å². The summed E-state index contributed by atoms with van der Waals surface area (Å²) in [6, 6.07) is -0.382. The Bertz CT molecular complexity index is 346. The van der Waals surface area contributed by atoms with E-state index >= 15 is 0 Å². The third-order valence-corrected chi connectivity index (χ3v) is 2.55. The molecule has 1 heterocycles. The molecular weight excluding hydrogens is 208 g/mol. The molecule has 0 saturated carbocycles. The maximum atomic E-state index is 12.0. The van der Waals surface area contributed by atoms with Gasteiger partial charge in [-0.05, 0) is 20.8 Å². The lowest BCUT2D eigenvalue weighted by molar-refractivity contribution is -0.134. The molecule has 1 rings (SSSR count). The van der Waals surface area contributed by atoms with E-state index in [0.717, 1.165) is 0 Å². The fraction of sp³-hybridized carbons (Fsp3) is 0.700. The number of hydrogen-bond acceptors (Lipinski definition) is 4. The predicted octanol–water partition coefficient (Wildman–Crippen LogP) is 0.200. The van der Waals surface area contributed by atoms with E-state index in [4.69, 9.17) is 5.11 Å². The molecule has 1 aromatic rings. The zero-order valence-corrected chi connectivity index (χ0v) is 9.92. The highest BCUT2D eigenvalue weighted by atomic mass is 16.3. The molecule has 6 nitrogen and oxygen atoms in total. The molecule has 0 radical (unpaired) electrons. The maximum Gasteiger partial charge on any atom is 0.247 e. The topological polar surface area (TPSA) is 71.2 Å². The molecule has 1 atom stereocenters. The molecular formula is C10H18N4O2. The second-order valence-corrected chi connectivity index (χ2v) is 3.53. The third kappa shape index (κ3) is 2.57. The van der Waals surface area contributed by atoms with Crippen LogP contribution in [0.15, 0.2) is 6.20 Å². The van der Waals surface area contributed by atoms with Crippen LogP contribution >= 0.6 is 0 Å². The molecule has 0 bridgehead atoms. The van der Waals surface area contributed by atoms with Crippen molar-refractivity contribution in [1.29, 1.82) is 0 Å². The Morgan fingerprint density at radius 1 is 1.56 bits per heavy atom. The fourth-order valence-electron chi connectivity index (χ4n) is 1.49. The van der Waals surface area contributed by atoms with E-state index in [2.05, 4.69) is 10.3 Å². The van der Waals surface area contributed by atoms with Gasteiger partial charge in [0.1, 0.15) is 11.7 Å². The van der Waals surface area contributed by atoms with Crippen LogP contribution in [0.5, 0.6) is 0 Å². The summed E-state index contributed by atoms with van der Waals surface area (Å²) in [5, 5.41) is 16.4. The SMILES string of the molecule is CCN(CC)C(=O)C(C)n1cc(CO)nn1. The van der Waals surface area contributed by atoms with Crippen molar-refractivity contribution < 1.29 is 9.90 Å². The Kier molecular flexibility index (Phi) is 4.42. The molecule has 0 aliphatic rings. The highest BCUT2D eigenvalue weighted by Crippen LogP contribution is 2.09. The predicted molar refractivity (Wildman–Crippen MR) is 58.6 cm³/mol. The van der Waals surface area contributed by atoms with Gasteiger partial charge >= 0.3 is 0 Å². The largest absolute Gasteiger partial charge is 0.390 e.